The normalized spacial score (nSPS) is 17.4. The molecule has 0 spiro atoms. The molecule has 9 atom stereocenters. The molecule has 4 N–H and O–H groups in total. The second kappa shape index (κ2) is 32.0. The van der Waals surface area contributed by atoms with Gasteiger partial charge in [-0.1, -0.05) is 110 Å². The van der Waals surface area contributed by atoms with Crippen LogP contribution in [0.4, 0.5) is 0 Å². The Hall–Kier alpha value is -6.84. The lowest BCUT2D eigenvalue weighted by atomic mass is 9.89. The summed E-state index contributed by atoms with van der Waals surface area (Å²) in [7, 11) is 6.58. The molecule has 3 heterocycles. The number of imide groups is 1. The minimum Gasteiger partial charge on any atom is -0.418 e. The zero-order chi connectivity index (χ0) is 59.3. The van der Waals surface area contributed by atoms with Crippen molar-refractivity contribution in [1.29, 1.82) is 0 Å². The average molecular weight is 1130 g/mol. The van der Waals surface area contributed by atoms with E-state index in [1.165, 1.54) is 19.3 Å². The predicted molar refractivity (Wildman–Crippen MR) is 305 cm³/mol. The molecule has 0 bridgehead atoms. The Morgan fingerprint density at radius 1 is 0.765 bits per heavy atom. The Bertz CT molecular complexity index is 2560. The van der Waals surface area contributed by atoms with E-state index in [4.69, 9.17) is 13.9 Å². The molecule has 1 saturated heterocycles. The Labute approximate surface area is 478 Å². The molecule has 2 aromatic carbocycles. The third-order valence-electron chi connectivity index (χ3n) is 15.7. The molecule has 0 radical (unpaired) electrons. The maximum absolute atomic E-state index is 14.8. The van der Waals surface area contributed by atoms with Crippen molar-refractivity contribution < 1.29 is 52.2 Å². The fourth-order valence-electron chi connectivity index (χ4n) is 11.0. The maximum atomic E-state index is 14.8. The van der Waals surface area contributed by atoms with Gasteiger partial charge in [0.25, 0.3) is 11.8 Å². The highest BCUT2D eigenvalue weighted by Gasteiger charge is 2.44. The minimum absolute atomic E-state index is 0.0485. The number of aromatic nitrogens is 2. The van der Waals surface area contributed by atoms with Crippen LogP contribution in [0.15, 0.2) is 77.2 Å². The molecule has 444 valence electrons. The lowest BCUT2D eigenvalue weighted by Crippen LogP contribution is -2.60. The summed E-state index contributed by atoms with van der Waals surface area (Å²) in [5.74, 6) is -3.28. The van der Waals surface area contributed by atoms with Crippen LogP contribution in [-0.4, -0.2) is 161 Å². The number of rotatable bonds is 32. The molecule has 2 aliphatic heterocycles. The zero-order valence-electron chi connectivity index (χ0n) is 49.4. The Kier molecular flexibility index (Phi) is 25.6. The first-order valence-electron chi connectivity index (χ1n) is 28.7. The third-order valence-corrected chi connectivity index (χ3v) is 15.7. The van der Waals surface area contributed by atoms with Gasteiger partial charge in [0.2, 0.25) is 47.2 Å². The molecular formula is C60H88N10O11. The molecule has 21 heteroatoms. The fraction of sp³-hybridized carbons (Fsp3) is 0.600. The fourth-order valence-corrected chi connectivity index (χ4v) is 11.0. The molecule has 0 saturated carbocycles. The number of hydrazine groups is 1. The molecule has 1 fully saturated rings. The number of carbonyl (C=O) groups is 8. The minimum atomic E-state index is -0.918. The van der Waals surface area contributed by atoms with Crippen molar-refractivity contribution in [2.75, 3.05) is 47.9 Å². The number of ether oxygens (including phenoxy) is 2. The van der Waals surface area contributed by atoms with E-state index < -0.39 is 48.3 Å². The number of hydrogen-bond acceptors (Lipinski definition) is 14. The van der Waals surface area contributed by atoms with Crippen molar-refractivity contribution in [2.24, 2.45) is 23.7 Å². The van der Waals surface area contributed by atoms with Gasteiger partial charge in [0.15, 0.2) is 0 Å². The van der Waals surface area contributed by atoms with E-state index in [0.29, 0.717) is 70.3 Å². The lowest BCUT2D eigenvalue weighted by molar-refractivity contribution is -0.148. The van der Waals surface area contributed by atoms with Crippen molar-refractivity contribution in [3.63, 3.8) is 0 Å². The van der Waals surface area contributed by atoms with E-state index in [1.54, 1.807) is 37.9 Å². The summed E-state index contributed by atoms with van der Waals surface area (Å²) in [6.07, 6.45) is 5.73. The van der Waals surface area contributed by atoms with Crippen LogP contribution >= 0.6 is 0 Å². The van der Waals surface area contributed by atoms with Crippen LogP contribution in [0.3, 0.4) is 0 Å². The Balaban J connectivity index is 1.17. The first-order valence-corrected chi connectivity index (χ1v) is 28.7. The number of methoxy groups -OCH3 is 2. The largest absolute Gasteiger partial charge is 0.418 e. The van der Waals surface area contributed by atoms with Crippen LogP contribution in [-0.2, 0) is 54.3 Å². The van der Waals surface area contributed by atoms with Crippen molar-refractivity contribution >= 4 is 47.3 Å². The number of likely N-dealkylation sites (tertiary alicyclic amines) is 1. The second-order valence-electron chi connectivity index (χ2n) is 22.2. The lowest BCUT2D eigenvalue weighted by Gasteiger charge is -2.41. The number of likely N-dealkylation sites (N-methyl/N-ethyl adjacent to an activating group) is 2. The number of unbranched alkanes of at least 4 members (excludes halogenated alkanes) is 2. The third kappa shape index (κ3) is 18.3. The van der Waals surface area contributed by atoms with Gasteiger partial charge >= 0.3 is 0 Å². The summed E-state index contributed by atoms with van der Waals surface area (Å²) in [5, 5.41) is 14.9. The van der Waals surface area contributed by atoms with Gasteiger partial charge in [0.1, 0.15) is 12.1 Å². The number of nitrogens with zero attached hydrogens (tertiary/aromatic N) is 6. The van der Waals surface area contributed by atoms with Gasteiger partial charge in [-0.05, 0) is 81.1 Å². The molecule has 8 amide bonds. The van der Waals surface area contributed by atoms with Crippen molar-refractivity contribution in [1.82, 2.24) is 51.3 Å². The van der Waals surface area contributed by atoms with Gasteiger partial charge < -0.3 is 34.3 Å². The highest BCUT2D eigenvalue weighted by atomic mass is 16.5. The van der Waals surface area contributed by atoms with Gasteiger partial charge in [-0.25, -0.2) is 0 Å². The van der Waals surface area contributed by atoms with Gasteiger partial charge in [0.05, 0.1) is 42.7 Å². The van der Waals surface area contributed by atoms with E-state index in [-0.39, 0.29) is 96.7 Å². The van der Waals surface area contributed by atoms with Gasteiger partial charge in [-0.3, -0.25) is 59.0 Å². The molecule has 81 heavy (non-hydrogen) atoms. The standard InChI is InChI=1S/C60H88N10O11/c1-12-40(6)54(68(9)60(78)52(38(2)3)62-57(77)53(39(4)5)67(8)33-23-30-48(72)64-63-47(71)29-20-15-21-34-70-49(73)31-32-50(70)74)46(79-10)37-51(75)69-35-22-28-45(69)55(80-11)41(7)56(76)61-44(36-42-24-16-13-17-25-42)59-66-65-58(81-59)43-26-18-14-19-27-43/h13-14,16-19,24-27,31-32,38-41,44-46,52-55H,12,15,20-23,28-30,33-37H2,1-11H3,(H,61,76)(H,62,77)(H,63,71)(H,64,72)/t40-,41+,44+,45-,46+,52-,53-,54-,55+/m0/s1. The van der Waals surface area contributed by atoms with Crippen LogP contribution in [0.5, 0.6) is 0 Å². The van der Waals surface area contributed by atoms with Gasteiger partial charge in [0, 0.05) is 71.3 Å². The van der Waals surface area contributed by atoms with E-state index in [0.717, 1.165) is 16.0 Å². The highest BCUT2D eigenvalue weighted by Crippen LogP contribution is 2.31. The summed E-state index contributed by atoms with van der Waals surface area (Å²) < 4.78 is 18.4. The number of benzene rings is 2. The van der Waals surface area contributed by atoms with Crippen LogP contribution in [0.1, 0.15) is 130 Å². The summed E-state index contributed by atoms with van der Waals surface area (Å²) >= 11 is 0. The molecule has 21 nitrogen and oxygen atoms in total. The topological polar surface area (TPSA) is 255 Å². The number of amides is 8. The van der Waals surface area contributed by atoms with E-state index in [9.17, 15) is 38.4 Å². The van der Waals surface area contributed by atoms with E-state index in [1.807, 2.05) is 107 Å². The summed E-state index contributed by atoms with van der Waals surface area (Å²) in [5.41, 5.74) is 6.59. The molecule has 0 aliphatic carbocycles. The van der Waals surface area contributed by atoms with Crippen molar-refractivity contribution in [3.8, 4) is 11.5 Å². The maximum Gasteiger partial charge on any atom is 0.253 e. The van der Waals surface area contributed by atoms with Crippen LogP contribution in [0, 0.1) is 23.7 Å². The summed E-state index contributed by atoms with van der Waals surface area (Å²) in [6.45, 7) is 14.5. The molecule has 0 unspecified atom stereocenters. The quantitative estimate of drug-likeness (QED) is 0.0339. The van der Waals surface area contributed by atoms with Crippen LogP contribution in [0.25, 0.3) is 11.5 Å². The van der Waals surface area contributed by atoms with Crippen molar-refractivity contribution in [2.45, 2.75) is 162 Å². The van der Waals surface area contributed by atoms with Crippen LogP contribution in [0.2, 0.25) is 0 Å². The molecule has 5 rings (SSSR count). The first kappa shape index (κ1) is 65.0. The number of carbonyl (C=O) groups excluding carboxylic acids is 8. The van der Waals surface area contributed by atoms with E-state index in [2.05, 4.69) is 31.7 Å². The second-order valence-corrected chi connectivity index (χ2v) is 22.2. The monoisotopic (exact) mass is 1120 g/mol. The van der Waals surface area contributed by atoms with Crippen LogP contribution < -0.4 is 21.5 Å². The first-order chi connectivity index (χ1) is 38.7. The molecular weight excluding hydrogens is 1040 g/mol. The smallest absolute Gasteiger partial charge is 0.253 e. The summed E-state index contributed by atoms with van der Waals surface area (Å²) in [6, 6.07) is 15.9. The highest BCUT2D eigenvalue weighted by molar-refractivity contribution is 6.12. The summed E-state index contributed by atoms with van der Waals surface area (Å²) in [4.78, 5) is 113. The van der Waals surface area contributed by atoms with Gasteiger partial charge in [-0.2, -0.15) is 0 Å². The number of hydrogen-bond donors (Lipinski definition) is 4. The molecule has 1 aromatic heterocycles. The molecule has 3 aromatic rings. The van der Waals surface area contributed by atoms with E-state index >= 15 is 0 Å². The Morgan fingerprint density at radius 2 is 1.40 bits per heavy atom. The average Bonchev–Trinajstić information content (AvgIpc) is 4.23. The SMILES string of the molecule is CC[C@H](C)[C@@H]([C@@H](CC(=O)N1CCC[C@H]1[C@H](OC)[C@@H](C)C(=O)N[C@H](Cc1ccccc1)c1nnc(-c2ccccc2)o1)OC)N(C)C(=O)[C@@H](NC(=O)[C@H](C(C)C)N(C)CCCC(=O)NNC(=O)CCCCCN1C(=O)C=CC1=O)C(C)C. The van der Waals surface area contributed by atoms with Gasteiger partial charge in [-0.15, -0.1) is 10.2 Å². The Morgan fingerprint density at radius 3 is 1.99 bits per heavy atom. The van der Waals surface area contributed by atoms with Crippen molar-refractivity contribution in [3.05, 3.63) is 84.3 Å². The number of nitrogens with one attached hydrogen (secondary N) is 4. The predicted octanol–water partition coefficient (Wildman–Crippen LogP) is 5.57. The molecule has 2 aliphatic rings. The zero-order valence-corrected chi connectivity index (χ0v) is 49.4.